The second-order valence-corrected chi connectivity index (χ2v) is 5.17. The van der Waals surface area contributed by atoms with Gasteiger partial charge in [-0.2, -0.15) is 0 Å². The fourth-order valence-electron chi connectivity index (χ4n) is 3.01. The Labute approximate surface area is 108 Å². The summed E-state index contributed by atoms with van der Waals surface area (Å²) >= 11 is 0. The zero-order valence-electron chi connectivity index (χ0n) is 11.1. The van der Waals surface area contributed by atoms with Crippen molar-refractivity contribution in [3.63, 3.8) is 0 Å². The molecule has 1 aliphatic heterocycles. The van der Waals surface area contributed by atoms with Gasteiger partial charge in [-0.25, -0.2) is 4.39 Å². The van der Waals surface area contributed by atoms with Gasteiger partial charge in [0.2, 0.25) is 0 Å². The van der Waals surface area contributed by atoms with Crippen LogP contribution in [0, 0.1) is 5.82 Å². The lowest BCUT2D eigenvalue weighted by Gasteiger charge is -2.28. The van der Waals surface area contributed by atoms with Crippen molar-refractivity contribution in [2.45, 2.75) is 58.2 Å². The lowest BCUT2D eigenvalue weighted by molar-refractivity contribution is 0.0708. The van der Waals surface area contributed by atoms with E-state index in [9.17, 15) is 9.50 Å². The summed E-state index contributed by atoms with van der Waals surface area (Å²) in [7, 11) is 0. The van der Waals surface area contributed by atoms with E-state index >= 15 is 0 Å². The van der Waals surface area contributed by atoms with Crippen molar-refractivity contribution in [2.24, 2.45) is 0 Å². The summed E-state index contributed by atoms with van der Waals surface area (Å²) < 4.78 is 19.6. The molecular weight excluding hydrogens is 231 g/mol. The molecule has 1 aromatic rings. The maximum atomic E-state index is 13.5. The number of fused-ring (bicyclic) bond motifs is 1. The van der Waals surface area contributed by atoms with E-state index in [4.69, 9.17) is 4.74 Å². The predicted octanol–water partition coefficient (Wildman–Crippen LogP) is 3.59. The van der Waals surface area contributed by atoms with Crippen molar-refractivity contribution in [3.05, 3.63) is 29.1 Å². The number of benzene rings is 1. The molecule has 0 spiro atoms. The van der Waals surface area contributed by atoms with Gasteiger partial charge in [0.25, 0.3) is 0 Å². The van der Waals surface area contributed by atoms with Crippen LogP contribution in [0.15, 0.2) is 12.1 Å². The van der Waals surface area contributed by atoms with Crippen LogP contribution >= 0.6 is 0 Å². The van der Waals surface area contributed by atoms with Gasteiger partial charge in [0.05, 0.1) is 6.61 Å². The van der Waals surface area contributed by atoms with E-state index in [1.165, 1.54) is 6.07 Å². The van der Waals surface area contributed by atoms with Crippen LogP contribution in [-0.4, -0.2) is 10.7 Å². The van der Waals surface area contributed by atoms with E-state index in [1.807, 2.05) is 0 Å². The molecule has 0 unspecified atom stereocenters. The molecule has 1 heterocycles. The zero-order chi connectivity index (χ0) is 13.2. The summed E-state index contributed by atoms with van der Waals surface area (Å²) in [4.78, 5) is 0. The molecule has 0 aliphatic carbocycles. The van der Waals surface area contributed by atoms with E-state index in [-0.39, 0.29) is 18.0 Å². The van der Waals surface area contributed by atoms with Crippen LogP contribution in [0.3, 0.4) is 0 Å². The first-order chi connectivity index (χ1) is 8.64. The van der Waals surface area contributed by atoms with E-state index < -0.39 is 0 Å². The van der Waals surface area contributed by atoms with Crippen LogP contribution in [0.5, 0.6) is 5.75 Å². The summed E-state index contributed by atoms with van der Waals surface area (Å²) in [5.74, 6) is 0.422. The number of hydrogen-bond acceptors (Lipinski definition) is 2. The lowest BCUT2D eigenvalue weighted by Crippen LogP contribution is -2.34. The number of aliphatic hydroxyl groups excluding tert-OH is 1. The maximum absolute atomic E-state index is 13.5. The van der Waals surface area contributed by atoms with Crippen LogP contribution in [0.2, 0.25) is 0 Å². The van der Waals surface area contributed by atoms with Gasteiger partial charge in [-0.3, -0.25) is 0 Å². The van der Waals surface area contributed by atoms with Gasteiger partial charge in [0, 0.05) is 17.5 Å². The van der Waals surface area contributed by atoms with Crippen molar-refractivity contribution in [3.8, 4) is 5.75 Å². The normalized spacial score (nSPS) is 16.4. The molecule has 2 rings (SSSR count). The molecule has 18 heavy (non-hydrogen) atoms. The molecular formula is C15H21FO2. The Morgan fingerprint density at radius 1 is 1.28 bits per heavy atom. The zero-order valence-corrected chi connectivity index (χ0v) is 11.1. The Hall–Kier alpha value is -1.09. The van der Waals surface area contributed by atoms with Crippen LogP contribution in [0.4, 0.5) is 4.39 Å². The van der Waals surface area contributed by atoms with E-state index in [1.54, 1.807) is 6.07 Å². The van der Waals surface area contributed by atoms with E-state index in [2.05, 4.69) is 13.8 Å². The second-order valence-electron chi connectivity index (χ2n) is 5.17. The average Bonchev–Trinajstić information content (AvgIpc) is 2.67. The van der Waals surface area contributed by atoms with Crippen molar-refractivity contribution >= 4 is 0 Å². The molecule has 0 bridgehead atoms. The molecule has 2 nitrogen and oxygen atoms in total. The average molecular weight is 252 g/mol. The quantitative estimate of drug-likeness (QED) is 0.867. The summed E-state index contributed by atoms with van der Waals surface area (Å²) in [6.07, 6.45) is 4.80. The number of ether oxygens (including phenoxy) is 1. The monoisotopic (exact) mass is 252 g/mol. The highest BCUT2D eigenvalue weighted by Gasteiger charge is 2.39. The fourth-order valence-corrected chi connectivity index (χ4v) is 3.01. The van der Waals surface area contributed by atoms with Gasteiger partial charge < -0.3 is 9.84 Å². The second kappa shape index (κ2) is 5.27. The predicted molar refractivity (Wildman–Crippen MR) is 69.2 cm³/mol. The molecule has 0 amide bonds. The molecule has 0 saturated carbocycles. The largest absolute Gasteiger partial charge is 0.486 e. The van der Waals surface area contributed by atoms with Gasteiger partial charge in [0.15, 0.2) is 0 Å². The first-order valence-electron chi connectivity index (χ1n) is 6.75. The number of rotatable bonds is 5. The molecule has 1 N–H and O–H groups in total. The van der Waals surface area contributed by atoms with Crippen molar-refractivity contribution in [1.29, 1.82) is 0 Å². The molecule has 0 saturated heterocycles. The topological polar surface area (TPSA) is 29.5 Å². The summed E-state index contributed by atoms with van der Waals surface area (Å²) in [5, 5.41) is 9.31. The third-order valence-corrected chi connectivity index (χ3v) is 3.62. The molecule has 0 fully saturated rings. The minimum absolute atomic E-state index is 0.172. The van der Waals surface area contributed by atoms with Gasteiger partial charge in [-0.1, -0.05) is 26.7 Å². The lowest BCUT2D eigenvalue weighted by atomic mass is 9.88. The summed E-state index contributed by atoms with van der Waals surface area (Å²) in [6.45, 7) is 4.10. The third-order valence-electron chi connectivity index (χ3n) is 3.62. The molecule has 1 aliphatic rings. The highest BCUT2D eigenvalue weighted by atomic mass is 19.1. The molecule has 100 valence electrons. The van der Waals surface area contributed by atoms with Crippen molar-refractivity contribution in [2.75, 3.05) is 0 Å². The Morgan fingerprint density at radius 2 is 1.94 bits per heavy atom. The van der Waals surface area contributed by atoms with Gasteiger partial charge >= 0.3 is 0 Å². The van der Waals surface area contributed by atoms with Crippen LogP contribution in [-0.2, 0) is 13.0 Å². The van der Waals surface area contributed by atoms with Gasteiger partial charge in [-0.15, -0.1) is 0 Å². The van der Waals surface area contributed by atoms with E-state index in [0.29, 0.717) is 11.3 Å². The van der Waals surface area contributed by atoms with E-state index in [0.717, 1.165) is 37.7 Å². The Morgan fingerprint density at radius 3 is 2.50 bits per heavy atom. The van der Waals surface area contributed by atoms with Crippen molar-refractivity contribution < 1.29 is 14.2 Å². The fraction of sp³-hybridized carbons (Fsp3) is 0.600. The number of aliphatic hydroxyl groups is 1. The van der Waals surface area contributed by atoms with Crippen LogP contribution in [0.25, 0.3) is 0 Å². The Balaban J connectivity index is 2.35. The first-order valence-corrected chi connectivity index (χ1v) is 6.75. The number of hydrogen-bond donors (Lipinski definition) is 1. The van der Waals surface area contributed by atoms with Crippen molar-refractivity contribution in [1.82, 2.24) is 0 Å². The molecule has 1 aromatic carbocycles. The maximum Gasteiger partial charge on any atom is 0.129 e. The van der Waals surface area contributed by atoms with Gasteiger partial charge in [-0.05, 0) is 25.0 Å². The van der Waals surface area contributed by atoms with Crippen LogP contribution in [0.1, 0.15) is 50.7 Å². The Kier molecular flexibility index (Phi) is 3.91. The highest BCUT2D eigenvalue weighted by molar-refractivity contribution is 5.46. The minimum Gasteiger partial charge on any atom is -0.486 e. The first kappa shape index (κ1) is 13.3. The smallest absolute Gasteiger partial charge is 0.129 e. The Bertz CT molecular complexity index is 423. The summed E-state index contributed by atoms with van der Waals surface area (Å²) in [6, 6.07) is 2.91. The summed E-state index contributed by atoms with van der Waals surface area (Å²) in [5.41, 5.74) is 1.28. The minimum atomic E-state index is -0.287. The highest BCUT2D eigenvalue weighted by Crippen LogP contribution is 2.42. The molecule has 3 heteroatoms. The standard InChI is InChI=1S/C15H21FO2/c1-3-5-15(6-4-2)9-11-7-13(16)8-12(10-17)14(11)18-15/h7-8,17H,3-6,9-10H2,1-2H3. The molecule has 0 aromatic heterocycles. The SMILES string of the molecule is CCCC1(CCC)Cc2cc(F)cc(CO)c2O1. The molecule has 0 atom stereocenters. The van der Waals surface area contributed by atoms with Gasteiger partial charge in [0.1, 0.15) is 17.2 Å². The molecule has 0 radical (unpaired) electrons. The number of halogens is 1. The third kappa shape index (κ3) is 2.37. The van der Waals surface area contributed by atoms with Crippen LogP contribution < -0.4 is 4.74 Å².